The number of benzene rings is 3. The molecule has 30 heavy (non-hydrogen) atoms. The molecule has 3 aromatic carbocycles. The maximum Gasteiger partial charge on any atom is 0.415 e. The molecule has 1 aliphatic rings. The summed E-state index contributed by atoms with van der Waals surface area (Å²) in [5.74, 6) is -1.90. The van der Waals surface area contributed by atoms with Gasteiger partial charge in [-0.05, 0) is 58.1 Å². The Bertz CT molecular complexity index is 1090. The van der Waals surface area contributed by atoms with Crippen molar-refractivity contribution in [2.45, 2.75) is 25.5 Å². The van der Waals surface area contributed by atoms with E-state index in [9.17, 15) is 13.6 Å². The molecule has 0 aromatic heterocycles. The number of nitrogens with zero attached hydrogens (tertiary/aromatic N) is 1. The first-order valence-electron chi connectivity index (χ1n) is 9.37. The van der Waals surface area contributed by atoms with Gasteiger partial charge in [0.2, 0.25) is 0 Å². The Labute approximate surface area is 186 Å². The van der Waals surface area contributed by atoms with Crippen molar-refractivity contribution in [1.29, 1.82) is 0 Å². The number of amides is 1. The van der Waals surface area contributed by atoms with Crippen molar-refractivity contribution in [3.05, 3.63) is 98.5 Å². The van der Waals surface area contributed by atoms with Crippen molar-refractivity contribution in [2.75, 3.05) is 4.90 Å². The van der Waals surface area contributed by atoms with Gasteiger partial charge in [0, 0.05) is 15.1 Å². The van der Waals surface area contributed by atoms with E-state index in [4.69, 9.17) is 16.3 Å². The topological polar surface area (TPSA) is 29.5 Å². The average molecular weight is 493 g/mol. The van der Waals surface area contributed by atoms with E-state index >= 15 is 0 Å². The van der Waals surface area contributed by atoms with Gasteiger partial charge in [0.15, 0.2) is 11.6 Å². The third kappa shape index (κ3) is 4.07. The van der Waals surface area contributed by atoms with Crippen LogP contribution in [0.15, 0.2) is 65.1 Å². The van der Waals surface area contributed by atoms with Gasteiger partial charge in [-0.1, -0.05) is 54.1 Å². The van der Waals surface area contributed by atoms with Crippen molar-refractivity contribution < 1.29 is 18.3 Å². The number of rotatable bonds is 3. The van der Waals surface area contributed by atoms with Crippen LogP contribution < -0.4 is 4.90 Å². The van der Waals surface area contributed by atoms with Gasteiger partial charge in [0.05, 0.1) is 11.7 Å². The Morgan fingerprint density at radius 1 is 1.13 bits per heavy atom. The zero-order valence-electron chi connectivity index (χ0n) is 15.7. The first kappa shape index (κ1) is 20.8. The maximum atomic E-state index is 14.5. The summed E-state index contributed by atoms with van der Waals surface area (Å²) in [4.78, 5) is 14.6. The summed E-state index contributed by atoms with van der Waals surface area (Å²) in [7, 11) is 0. The second-order valence-electron chi connectivity index (χ2n) is 7.00. The van der Waals surface area contributed by atoms with Crippen molar-refractivity contribution in [3.8, 4) is 0 Å². The minimum atomic E-state index is -0.959. The lowest BCUT2D eigenvalue weighted by Gasteiger charge is -2.37. The number of hydrogen-bond donors (Lipinski definition) is 0. The van der Waals surface area contributed by atoms with Crippen molar-refractivity contribution in [3.63, 3.8) is 0 Å². The number of hydrogen-bond acceptors (Lipinski definition) is 2. The van der Waals surface area contributed by atoms with Gasteiger partial charge in [-0.25, -0.2) is 13.6 Å². The van der Waals surface area contributed by atoms with E-state index in [0.717, 1.165) is 17.2 Å². The number of fused-ring (bicyclic) bond motifs is 1. The molecule has 1 atom stereocenters. The van der Waals surface area contributed by atoms with Gasteiger partial charge in [0.25, 0.3) is 0 Å². The molecule has 0 fully saturated rings. The van der Waals surface area contributed by atoms with E-state index in [0.29, 0.717) is 15.9 Å². The van der Waals surface area contributed by atoms with Crippen LogP contribution in [-0.4, -0.2) is 6.09 Å². The fourth-order valence-electron chi connectivity index (χ4n) is 3.73. The van der Waals surface area contributed by atoms with Gasteiger partial charge < -0.3 is 4.74 Å². The summed E-state index contributed by atoms with van der Waals surface area (Å²) in [5.41, 5.74) is 2.05. The highest BCUT2D eigenvalue weighted by Gasteiger charge is 2.37. The van der Waals surface area contributed by atoms with E-state index < -0.39 is 23.8 Å². The van der Waals surface area contributed by atoms with Crippen LogP contribution in [-0.2, 0) is 17.8 Å². The molecule has 7 heteroatoms. The van der Waals surface area contributed by atoms with Gasteiger partial charge >= 0.3 is 6.09 Å². The van der Waals surface area contributed by atoms with E-state index in [2.05, 4.69) is 15.9 Å². The summed E-state index contributed by atoms with van der Waals surface area (Å²) in [6.45, 7) is 0.0646. The lowest BCUT2D eigenvalue weighted by atomic mass is 9.91. The monoisotopic (exact) mass is 491 g/mol. The molecular formula is C23H17BrClF2NO2. The molecular weight excluding hydrogens is 476 g/mol. The number of ether oxygens (including phenoxy) is 1. The molecule has 1 heterocycles. The van der Waals surface area contributed by atoms with Gasteiger partial charge in [-0.15, -0.1) is 0 Å². The molecule has 1 unspecified atom stereocenters. The molecule has 0 bridgehead atoms. The Morgan fingerprint density at radius 3 is 2.63 bits per heavy atom. The number of carbonyl (C=O) groups excluding carboxylic acids is 1. The van der Waals surface area contributed by atoms with Crippen LogP contribution >= 0.6 is 27.5 Å². The normalized spacial score (nSPS) is 15.6. The zero-order valence-corrected chi connectivity index (χ0v) is 18.1. The quantitative estimate of drug-likeness (QED) is 0.362. The average Bonchev–Trinajstić information content (AvgIpc) is 2.75. The Morgan fingerprint density at radius 2 is 1.90 bits per heavy atom. The van der Waals surface area contributed by atoms with Crippen LogP contribution in [0.5, 0.6) is 0 Å². The molecule has 1 aliphatic heterocycles. The van der Waals surface area contributed by atoms with Crippen LogP contribution in [0.1, 0.15) is 29.2 Å². The minimum Gasteiger partial charge on any atom is -0.444 e. The second-order valence-corrected chi connectivity index (χ2v) is 8.29. The molecule has 0 saturated heterocycles. The highest BCUT2D eigenvalue weighted by atomic mass is 79.9. The number of halogens is 4. The molecule has 154 valence electrons. The van der Waals surface area contributed by atoms with Crippen LogP contribution in [0.4, 0.5) is 19.3 Å². The largest absolute Gasteiger partial charge is 0.444 e. The standard InChI is InChI=1S/C23H17BrClF2NO2/c24-18-12-19(26)21(27)17-9-10-20(15-7-4-8-16(25)11-15)28(22(17)18)23(29)30-13-14-5-2-1-3-6-14/h1-8,11-12,20H,9-10,13H2. The summed E-state index contributed by atoms with van der Waals surface area (Å²) < 4.78 is 34.4. The minimum absolute atomic E-state index is 0.0646. The number of anilines is 1. The molecule has 1 amide bonds. The van der Waals surface area contributed by atoms with Crippen LogP contribution in [0, 0.1) is 11.6 Å². The molecule has 0 N–H and O–H groups in total. The molecule has 0 aliphatic carbocycles. The van der Waals surface area contributed by atoms with E-state index in [-0.39, 0.29) is 24.3 Å². The zero-order chi connectivity index (χ0) is 21.3. The predicted molar refractivity (Wildman–Crippen MR) is 116 cm³/mol. The maximum absolute atomic E-state index is 14.5. The van der Waals surface area contributed by atoms with Gasteiger partial charge in [-0.3, -0.25) is 4.90 Å². The molecule has 0 spiro atoms. The summed E-state index contributed by atoms with van der Waals surface area (Å²) in [5, 5.41) is 0.528. The Balaban J connectivity index is 1.75. The van der Waals surface area contributed by atoms with Crippen molar-refractivity contribution in [1.82, 2.24) is 0 Å². The fraction of sp³-hybridized carbons (Fsp3) is 0.174. The van der Waals surface area contributed by atoms with Crippen molar-refractivity contribution >= 4 is 39.3 Å². The summed E-state index contributed by atoms with van der Waals surface area (Å²) >= 11 is 9.46. The lowest BCUT2D eigenvalue weighted by Crippen LogP contribution is -2.39. The van der Waals surface area contributed by atoms with E-state index in [1.54, 1.807) is 18.2 Å². The third-order valence-corrected chi connectivity index (χ3v) is 5.94. The first-order valence-corrected chi connectivity index (χ1v) is 10.5. The molecule has 0 radical (unpaired) electrons. The van der Waals surface area contributed by atoms with Gasteiger partial charge in [0.1, 0.15) is 6.61 Å². The second kappa shape index (κ2) is 8.74. The van der Waals surface area contributed by atoms with Crippen molar-refractivity contribution in [2.24, 2.45) is 0 Å². The SMILES string of the molecule is O=C(OCc1ccccc1)N1c2c(Br)cc(F)c(F)c2CCC1c1cccc(Cl)c1. The molecule has 3 aromatic rings. The predicted octanol–water partition coefficient (Wildman–Crippen LogP) is 7.21. The van der Waals surface area contributed by atoms with E-state index in [1.807, 2.05) is 36.4 Å². The van der Waals surface area contributed by atoms with Crippen LogP contribution in [0.25, 0.3) is 0 Å². The van der Waals surface area contributed by atoms with E-state index in [1.165, 1.54) is 4.90 Å². The Hall–Kier alpha value is -2.44. The molecule has 3 nitrogen and oxygen atoms in total. The highest BCUT2D eigenvalue weighted by molar-refractivity contribution is 9.10. The first-order chi connectivity index (χ1) is 14.5. The Kier molecular flexibility index (Phi) is 6.06. The van der Waals surface area contributed by atoms with Crippen LogP contribution in [0.2, 0.25) is 5.02 Å². The summed E-state index contributed by atoms with van der Waals surface area (Å²) in [6.07, 6.45) is 0.0362. The summed E-state index contributed by atoms with van der Waals surface area (Å²) in [6, 6.07) is 17.0. The third-order valence-electron chi connectivity index (χ3n) is 5.10. The molecule has 4 rings (SSSR count). The smallest absolute Gasteiger partial charge is 0.415 e. The highest BCUT2D eigenvalue weighted by Crippen LogP contribution is 2.45. The van der Waals surface area contributed by atoms with Crippen LogP contribution in [0.3, 0.4) is 0 Å². The van der Waals surface area contributed by atoms with Gasteiger partial charge in [-0.2, -0.15) is 0 Å². The lowest BCUT2D eigenvalue weighted by molar-refractivity contribution is 0.143. The molecule has 0 saturated carbocycles. The number of carbonyl (C=O) groups is 1. The fourth-order valence-corrected chi connectivity index (χ4v) is 4.56.